The van der Waals surface area contributed by atoms with Crippen LogP contribution in [0.2, 0.25) is 0 Å². The molecule has 0 fully saturated rings. The summed E-state index contributed by atoms with van der Waals surface area (Å²) in [5.74, 6) is 1.60. The summed E-state index contributed by atoms with van der Waals surface area (Å²) in [6.07, 6.45) is -0.0849. The number of pyridine rings is 1. The second kappa shape index (κ2) is 11.6. The molecule has 1 aromatic carbocycles. The molecule has 3 N–H and O–H groups in total. The predicted octanol–water partition coefficient (Wildman–Crippen LogP) is 2.16. The van der Waals surface area contributed by atoms with Gasteiger partial charge in [0, 0.05) is 29.6 Å². The highest BCUT2D eigenvalue weighted by Crippen LogP contribution is 2.33. The SMILES string of the molecule is COc1cc(OCC(O)CNC(=O)CO)ccc1-c1noc(-c2cc(C)nc(CC(C)C)c2)n1. The van der Waals surface area contributed by atoms with Crippen molar-refractivity contribution in [3.05, 3.63) is 41.7 Å². The van der Waals surface area contributed by atoms with Crippen LogP contribution < -0.4 is 14.8 Å². The lowest BCUT2D eigenvalue weighted by Crippen LogP contribution is -2.36. The van der Waals surface area contributed by atoms with Crippen molar-refractivity contribution < 1.29 is 29.0 Å². The molecular formula is C24H30N4O6. The first-order valence-electron chi connectivity index (χ1n) is 11.0. The van der Waals surface area contributed by atoms with Crippen molar-refractivity contribution in [1.29, 1.82) is 0 Å². The van der Waals surface area contributed by atoms with Crippen molar-refractivity contribution in [2.45, 2.75) is 33.3 Å². The van der Waals surface area contributed by atoms with Crippen LogP contribution in [0.1, 0.15) is 25.2 Å². The monoisotopic (exact) mass is 470 g/mol. The van der Waals surface area contributed by atoms with Gasteiger partial charge in [0.15, 0.2) is 0 Å². The first-order valence-corrected chi connectivity index (χ1v) is 11.0. The first kappa shape index (κ1) is 25.1. The normalized spacial score (nSPS) is 12.0. The number of carbonyl (C=O) groups is 1. The highest BCUT2D eigenvalue weighted by molar-refractivity contribution is 5.76. The summed E-state index contributed by atoms with van der Waals surface area (Å²) in [5.41, 5.74) is 3.28. The van der Waals surface area contributed by atoms with E-state index in [0.717, 1.165) is 23.4 Å². The van der Waals surface area contributed by atoms with E-state index < -0.39 is 18.6 Å². The van der Waals surface area contributed by atoms with Crippen molar-refractivity contribution in [3.63, 3.8) is 0 Å². The van der Waals surface area contributed by atoms with Crippen molar-refractivity contribution in [1.82, 2.24) is 20.4 Å². The molecule has 0 aliphatic rings. The number of nitrogens with one attached hydrogen (secondary N) is 1. The maximum atomic E-state index is 11.1. The molecule has 0 saturated heterocycles. The van der Waals surface area contributed by atoms with Crippen LogP contribution in [0.3, 0.4) is 0 Å². The number of aromatic nitrogens is 3. The van der Waals surface area contributed by atoms with Gasteiger partial charge in [-0.2, -0.15) is 4.98 Å². The van der Waals surface area contributed by atoms with Gasteiger partial charge in [0.2, 0.25) is 11.7 Å². The van der Waals surface area contributed by atoms with E-state index in [1.54, 1.807) is 18.2 Å². The maximum absolute atomic E-state index is 11.1. The maximum Gasteiger partial charge on any atom is 0.258 e. The number of hydrogen-bond donors (Lipinski definition) is 3. The molecule has 3 aromatic rings. The van der Waals surface area contributed by atoms with E-state index >= 15 is 0 Å². The molecule has 182 valence electrons. The van der Waals surface area contributed by atoms with Crippen molar-refractivity contribution in [2.24, 2.45) is 5.92 Å². The van der Waals surface area contributed by atoms with E-state index in [1.165, 1.54) is 7.11 Å². The smallest absolute Gasteiger partial charge is 0.258 e. The van der Waals surface area contributed by atoms with Crippen LogP contribution in [0, 0.1) is 12.8 Å². The number of aryl methyl sites for hydroxylation is 1. The van der Waals surface area contributed by atoms with Crippen LogP contribution in [-0.4, -0.2) is 64.2 Å². The lowest BCUT2D eigenvalue weighted by molar-refractivity contribution is -0.124. The summed E-state index contributed by atoms with van der Waals surface area (Å²) < 4.78 is 16.6. The van der Waals surface area contributed by atoms with Crippen LogP contribution in [0.4, 0.5) is 0 Å². The molecule has 0 spiro atoms. The number of nitrogens with zero attached hydrogens (tertiary/aromatic N) is 3. The van der Waals surface area contributed by atoms with Gasteiger partial charge in [-0.1, -0.05) is 19.0 Å². The number of amides is 1. The Bertz CT molecular complexity index is 1110. The molecule has 10 nitrogen and oxygen atoms in total. The van der Waals surface area contributed by atoms with E-state index in [1.807, 2.05) is 19.1 Å². The average Bonchev–Trinajstić information content (AvgIpc) is 3.30. The van der Waals surface area contributed by atoms with E-state index in [-0.39, 0.29) is 13.2 Å². The third-order valence-electron chi connectivity index (χ3n) is 4.83. The molecule has 34 heavy (non-hydrogen) atoms. The second-order valence-electron chi connectivity index (χ2n) is 8.30. The molecule has 0 aliphatic carbocycles. The summed E-state index contributed by atoms with van der Waals surface area (Å²) >= 11 is 0. The summed E-state index contributed by atoms with van der Waals surface area (Å²) in [7, 11) is 1.52. The zero-order valence-electron chi connectivity index (χ0n) is 19.7. The Morgan fingerprint density at radius 1 is 1.21 bits per heavy atom. The minimum absolute atomic E-state index is 0.0341. The topological polar surface area (TPSA) is 140 Å². The fourth-order valence-corrected chi connectivity index (χ4v) is 3.32. The van der Waals surface area contributed by atoms with Crippen LogP contribution in [-0.2, 0) is 11.2 Å². The molecule has 2 aromatic heterocycles. The molecule has 0 saturated carbocycles. The molecule has 0 radical (unpaired) electrons. The quantitative estimate of drug-likeness (QED) is 0.384. The minimum atomic E-state index is -0.939. The second-order valence-corrected chi connectivity index (χ2v) is 8.30. The van der Waals surface area contributed by atoms with Gasteiger partial charge < -0.3 is 29.5 Å². The van der Waals surface area contributed by atoms with Gasteiger partial charge in [0.25, 0.3) is 5.89 Å². The number of aliphatic hydroxyl groups is 2. The van der Waals surface area contributed by atoms with Crippen LogP contribution >= 0.6 is 0 Å². The lowest BCUT2D eigenvalue weighted by atomic mass is 10.1. The standard InChI is InChI=1S/C24H30N4O6/c1-14(2)7-17-9-16(8-15(3)26-17)24-27-23(28-34-24)20-6-5-19(10-21(20)32-4)33-13-18(30)11-25-22(31)12-29/h5-6,8-10,14,18,29-30H,7,11-13H2,1-4H3,(H,25,31). The summed E-state index contributed by atoms with van der Waals surface area (Å²) in [5, 5.41) is 25.1. The predicted molar refractivity (Wildman–Crippen MR) is 124 cm³/mol. The number of ether oxygens (including phenoxy) is 2. The average molecular weight is 471 g/mol. The lowest BCUT2D eigenvalue weighted by Gasteiger charge is -2.14. The number of rotatable bonds is 11. The Morgan fingerprint density at radius 3 is 2.71 bits per heavy atom. The molecule has 1 atom stereocenters. The van der Waals surface area contributed by atoms with Gasteiger partial charge in [-0.05, 0) is 43.5 Å². The third-order valence-corrected chi connectivity index (χ3v) is 4.83. The molecule has 0 bridgehead atoms. The number of aliphatic hydroxyl groups excluding tert-OH is 2. The van der Waals surface area contributed by atoms with Gasteiger partial charge in [0.1, 0.15) is 30.8 Å². The molecule has 0 aliphatic heterocycles. The van der Waals surface area contributed by atoms with Gasteiger partial charge in [0.05, 0.1) is 12.7 Å². The number of carbonyl (C=O) groups excluding carboxylic acids is 1. The Kier molecular flexibility index (Phi) is 8.55. The van der Waals surface area contributed by atoms with E-state index in [2.05, 4.69) is 34.3 Å². The van der Waals surface area contributed by atoms with Crippen molar-refractivity contribution in [2.75, 3.05) is 26.9 Å². The number of methoxy groups -OCH3 is 1. The summed E-state index contributed by atoms with van der Waals surface area (Å²) in [4.78, 5) is 20.2. The Morgan fingerprint density at radius 2 is 2.00 bits per heavy atom. The number of benzene rings is 1. The van der Waals surface area contributed by atoms with Gasteiger partial charge in [-0.15, -0.1) is 0 Å². The number of hydrogen-bond acceptors (Lipinski definition) is 9. The highest BCUT2D eigenvalue weighted by Gasteiger charge is 2.17. The Hall–Kier alpha value is -3.50. The largest absolute Gasteiger partial charge is 0.496 e. The Balaban J connectivity index is 1.74. The fourth-order valence-electron chi connectivity index (χ4n) is 3.32. The fraction of sp³-hybridized carbons (Fsp3) is 0.417. The summed E-state index contributed by atoms with van der Waals surface area (Å²) in [6, 6.07) is 8.97. The van der Waals surface area contributed by atoms with Crippen molar-refractivity contribution >= 4 is 5.91 Å². The van der Waals surface area contributed by atoms with Gasteiger partial charge in [-0.25, -0.2) is 0 Å². The van der Waals surface area contributed by atoms with Crippen molar-refractivity contribution in [3.8, 4) is 34.3 Å². The van der Waals surface area contributed by atoms with Crippen LogP contribution in [0.25, 0.3) is 22.8 Å². The molecule has 3 rings (SSSR count). The zero-order chi connectivity index (χ0) is 24.7. The highest BCUT2D eigenvalue weighted by atomic mass is 16.5. The van der Waals surface area contributed by atoms with Gasteiger partial charge >= 0.3 is 0 Å². The molecule has 10 heteroatoms. The van der Waals surface area contributed by atoms with Crippen LogP contribution in [0.5, 0.6) is 11.5 Å². The summed E-state index contributed by atoms with van der Waals surface area (Å²) in [6.45, 7) is 5.50. The minimum Gasteiger partial charge on any atom is -0.496 e. The van der Waals surface area contributed by atoms with E-state index in [4.69, 9.17) is 19.1 Å². The van der Waals surface area contributed by atoms with Crippen LogP contribution in [0.15, 0.2) is 34.9 Å². The molecule has 1 unspecified atom stereocenters. The Labute approximate surface area is 197 Å². The molecule has 2 heterocycles. The first-order chi connectivity index (χ1) is 16.3. The molecular weight excluding hydrogens is 440 g/mol. The van der Waals surface area contributed by atoms with E-state index in [9.17, 15) is 9.90 Å². The zero-order valence-corrected chi connectivity index (χ0v) is 19.7. The van der Waals surface area contributed by atoms with Gasteiger partial charge in [-0.3, -0.25) is 9.78 Å². The third kappa shape index (κ3) is 6.75. The molecule has 1 amide bonds. The van der Waals surface area contributed by atoms with E-state index in [0.29, 0.717) is 34.7 Å².